The molecule has 0 amide bonds. The summed E-state index contributed by atoms with van der Waals surface area (Å²) in [5.41, 5.74) is 1.59. The quantitative estimate of drug-likeness (QED) is 0.782. The van der Waals surface area contributed by atoms with E-state index in [1.54, 1.807) is 27.1 Å². The second kappa shape index (κ2) is 6.67. The smallest absolute Gasteiger partial charge is 0.253 e. The molecule has 0 atom stereocenters. The summed E-state index contributed by atoms with van der Waals surface area (Å²) in [4.78, 5) is 2.62. The molecule has 0 radical (unpaired) electrons. The fourth-order valence-corrected chi connectivity index (χ4v) is 3.42. The van der Waals surface area contributed by atoms with E-state index in [4.69, 9.17) is 11.6 Å². The van der Waals surface area contributed by atoms with Crippen LogP contribution in [0.3, 0.4) is 0 Å². The Balaban J connectivity index is 3.24. The van der Waals surface area contributed by atoms with Crippen molar-refractivity contribution in [1.29, 1.82) is 0 Å². The van der Waals surface area contributed by atoms with E-state index in [9.17, 15) is 8.42 Å². The Morgan fingerprint density at radius 1 is 1.32 bits per heavy atom. The molecule has 1 aromatic carbocycles. The fraction of sp³-hybridized carbons (Fsp3) is 0.500. The highest BCUT2D eigenvalue weighted by Gasteiger charge is 2.20. The van der Waals surface area contributed by atoms with Crippen molar-refractivity contribution in [1.82, 2.24) is 15.2 Å². The van der Waals surface area contributed by atoms with Gasteiger partial charge in [0, 0.05) is 25.7 Å². The minimum atomic E-state index is -3.60. The third-order valence-corrected chi connectivity index (χ3v) is 4.42. The predicted octanol–water partition coefficient (Wildman–Crippen LogP) is 1.51. The van der Waals surface area contributed by atoms with Crippen LogP contribution in [0.5, 0.6) is 0 Å². The van der Waals surface area contributed by atoms with Gasteiger partial charge in [-0.2, -0.15) is 0 Å². The van der Waals surface area contributed by atoms with Crippen molar-refractivity contribution >= 4 is 21.6 Å². The molecule has 0 aliphatic heterocycles. The van der Waals surface area contributed by atoms with E-state index in [1.165, 1.54) is 11.1 Å². The van der Waals surface area contributed by atoms with Crippen LogP contribution < -0.4 is 10.1 Å². The van der Waals surface area contributed by atoms with Gasteiger partial charge in [0.15, 0.2) is 0 Å². The maximum absolute atomic E-state index is 12.2. The number of hydrogen-bond donors (Lipinski definition) is 2. The Morgan fingerprint density at radius 2 is 1.95 bits per heavy atom. The lowest BCUT2D eigenvalue weighted by Gasteiger charge is -2.16. The lowest BCUT2D eigenvalue weighted by atomic mass is 10.1. The summed E-state index contributed by atoms with van der Waals surface area (Å²) in [7, 11) is -0.353. The average molecular weight is 306 g/mol. The summed E-state index contributed by atoms with van der Waals surface area (Å²) in [5, 5.41) is 4.97. The van der Waals surface area contributed by atoms with Crippen molar-refractivity contribution in [2.45, 2.75) is 25.3 Å². The van der Waals surface area contributed by atoms with E-state index in [2.05, 4.69) is 10.1 Å². The van der Waals surface area contributed by atoms with Crippen molar-refractivity contribution in [2.24, 2.45) is 0 Å². The maximum atomic E-state index is 12.2. The second-order valence-electron chi connectivity index (χ2n) is 4.46. The molecule has 5 nitrogen and oxygen atoms in total. The lowest BCUT2D eigenvalue weighted by molar-refractivity contribution is 0.364. The second-order valence-corrected chi connectivity index (χ2v) is 6.52. The molecule has 1 rings (SSSR count). The fourth-order valence-electron chi connectivity index (χ4n) is 1.72. The standard InChI is InChI=1S/C12H20ClN3O2S/c1-5-14-8-10-6-11(13)7-12(9(10)2)19(17,18)15-16(3)4/h6-7,14-15H,5,8H2,1-4H3. The molecule has 108 valence electrons. The van der Waals surface area contributed by atoms with Crippen molar-refractivity contribution < 1.29 is 8.42 Å². The van der Waals surface area contributed by atoms with Crippen LogP contribution >= 0.6 is 11.6 Å². The van der Waals surface area contributed by atoms with Gasteiger partial charge in [-0.05, 0) is 36.7 Å². The van der Waals surface area contributed by atoms with Gasteiger partial charge in [0.1, 0.15) is 0 Å². The normalized spacial score (nSPS) is 12.1. The highest BCUT2D eigenvalue weighted by atomic mass is 35.5. The largest absolute Gasteiger partial charge is 0.313 e. The van der Waals surface area contributed by atoms with Crippen LogP contribution in [-0.4, -0.2) is 34.1 Å². The van der Waals surface area contributed by atoms with E-state index in [1.807, 2.05) is 6.92 Å². The van der Waals surface area contributed by atoms with Crippen molar-refractivity contribution in [3.05, 3.63) is 28.3 Å². The van der Waals surface area contributed by atoms with Crippen LogP contribution in [0.25, 0.3) is 0 Å². The van der Waals surface area contributed by atoms with Gasteiger partial charge >= 0.3 is 0 Å². The number of nitrogens with one attached hydrogen (secondary N) is 2. The summed E-state index contributed by atoms with van der Waals surface area (Å²) in [6.07, 6.45) is 0. The van der Waals surface area contributed by atoms with Crippen LogP contribution in [-0.2, 0) is 16.6 Å². The Hall–Kier alpha value is -0.660. The summed E-state index contributed by atoms with van der Waals surface area (Å²) in [5.74, 6) is 0. The summed E-state index contributed by atoms with van der Waals surface area (Å²) < 4.78 is 24.4. The van der Waals surface area contributed by atoms with Gasteiger partial charge in [-0.1, -0.05) is 18.5 Å². The molecule has 7 heteroatoms. The average Bonchev–Trinajstić information content (AvgIpc) is 2.28. The first-order chi connectivity index (χ1) is 8.77. The van der Waals surface area contributed by atoms with E-state index in [-0.39, 0.29) is 4.90 Å². The van der Waals surface area contributed by atoms with Gasteiger partial charge in [-0.25, -0.2) is 13.4 Å². The Morgan fingerprint density at radius 3 is 2.47 bits per heavy atom. The van der Waals surface area contributed by atoms with E-state index >= 15 is 0 Å². The van der Waals surface area contributed by atoms with Crippen molar-refractivity contribution in [3.63, 3.8) is 0 Å². The van der Waals surface area contributed by atoms with E-state index in [0.29, 0.717) is 17.1 Å². The first kappa shape index (κ1) is 16.4. The minimum Gasteiger partial charge on any atom is -0.313 e. The van der Waals surface area contributed by atoms with Gasteiger partial charge in [-0.15, -0.1) is 4.83 Å². The Labute approximate surface area is 120 Å². The number of benzene rings is 1. The van der Waals surface area contributed by atoms with Gasteiger partial charge < -0.3 is 5.32 Å². The molecule has 0 heterocycles. The molecule has 0 saturated heterocycles. The van der Waals surface area contributed by atoms with Crippen LogP contribution in [0.15, 0.2) is 17.0 Å². The molecule has 0 aliphatic carbocycles. The van der Waals surface area contributed by atoms with Crippen molar-refractivity contribution in [2.75, 3.05) is 20.6 Å². The molecule has 0 aromatic heterocycles. The molecule has 2 N–H and O–H groups in total. The number of halogens is 1. The van der Waals surface area contributed by atoms with Crippen LogP contribution in [0.4, 0.5) is 0 Å². The van der Waals surface area contributed by atoms with E-state index in [0.717, 1.165) is 12.1 Å². The van der Waals surface area contributed by atoms with Crippen LogP contribution in [0.1, 0.15) is 18.1 Å². The highest BCUT2D eigenvalue weighted by Crippen LogP contribution is 2.24. The van der Waals surface area contributed by atoms with Crippen LogP contribution in [0, 0.1) is 6.92 Å². The number of hydrazine groups is 1. The van der Waals surface area contributed by atoms with Gasteiger partial charge in [-0.3, -0.25) is 0 Å². The lowest BCUT2D eigenvalue weighted by Crippen LogP contribution is -2.36. The summed E-state index contributed by atoms with van der Waals surface area (Å²) >= 11 is 6.01. The predicted molar refractivity (Wildman–Crippen MR) is 77.6 cm³/mol. The first-order valence-electron chi connectivity index (χ1n) is 5.97. The number of hydrogen-bond acceptors (Lipinski definition) is 4. The van der Waals surface area contributed by atoms with Gasteiger partial charge in [0.25, 0.3) is 10.0 Å². The van der Waals surface area contributed by atoms with Crippen molar-refractivity contribution in [3.8, 4) is 0 Å². The first-order valence-corrected chi connectivity index (χ1v) is 7.83. The van der Waals surface area contributed by atoms with Gasteiger partial charge in [0.05, 0.1) is 4.90 Å². The van der Waals surface area contributed by atoms with E-state index < -0.39 is 10.0 Å². The molecule has 0 spiro atoms. The molecule has 0 aliphatic rings. The Kier molecular flexibility index (Phi) is 5.76. The molecule has 1 aromatic rings. The monoisotopic (exact) mass is 305 g/mol. The molecule has 0 bridgehead atoms. The maximum Gasteiger partial charge on any atom is 0.253 e. The van der Waals surface area contributed by atoms with Gasteiger partial charge in [0.2, 0.25) is 0 Å². The third kappa shape index (κ3) is 4.43. The molecule has 0 unspecified atom stereocenters. The topological polar surface area (TPSA) is 61.4 Å². The SMILES string of the molecule is CCNCc1cc(Cl)cc(S(=O)(=O)NN(C)C)c1C. The third-order valence-electron chi connectivity index (χ3n) is 2.59. The minimum absolute atomic E-state index is 0.210. The molecule has 19 heavy (non-hydrogen) atoms. The Bertz CT molecular complexity index is 544. The zero-order chi connectivity index (χ0) is 14.6. The highest BCUT2D eigenvalue weighted by molar-refractivity contribution is 7.89. The summed E-state index contributed by atoms with van der Waals surface area (Å²) in [6.45, 7) is 5.18. The number of rotatable bonds is 6. The van der Waals surface area contributed by atoms with Crippen LogP contribution in [0.2, 0.25) is 5.02 Å². The number of sulfonamides is 1. The molecular formula is C12H20ClN3O2S. The number of nitrogens with zero attached hydrogens (tertiary/aromatic N) is 1. The summed E-state index contributed by atoms with van der Waals surface area (Å²) in [6, 6.07) is 3.26. The molecular weight excluding hydrogens is 286 g/mol. The molecule has 0 saturated carbocycles. The zero-order valence-corrected chi connectivity index (χ0v) is 13.2. The zero-order valence-electron chi connectivity index (χ0n) is 11.6. The molecule has 0 fully saturated rings.